The SMILES string of the molecule is CCOC(=O)[C@H]1CC2C3Cc4ccccc4[C@]2(CCS(=O)c2ccccc2)CC1N3C. The largest absolute Gasteiger partial charge is 0.466 e. The molecular weight excluding hydrogens is 406 g/mol. The molecule has 4 aliphatic rings. The molecule has 0 aromatic heterocycles. The first-order chi connectivity index (χ1) is 15.0. The van der Waals surface area contributed by atoms with Gasteiger partial charge in [-0.3, -0.25) is 13.9 Å². The summed E-state index contributed by atoms with van der Waals surface area (Å²) < 4.78 is 18.6. The zero-order valence-corrected chi connectivity index (χ0v) is 19.1. The second-order valence-electron chi connectivity index (χ2n) is 9.34. The molecule has 2 aliphatic heterocycles. The predicted octanol–water partition coefficient (Wildman–Crippen LogP) is 3.95. The number of benzene rings is 2. The van der Waals surface area contributed by atoms with Crippen LogP contribution in [0, 0.1) is 11.8 Å². The van der Waals surface area contributed by atoms with E-state index in [4.69, 9.17) is 4.74 Å². The summed E-state index contributed by atoms with van der Waals surface area (Å²) in [5, 5.41) is 0. The minimum atomic E-state index is -1.01. The molecule has 3 fully saturated rings. The maximum absolute atomic E-state index is 13.1. The number of carbonyl (C=O) groups excluding carboxylic acids is 1. The Balaban J connectivity index is 1.49. The van der Waals surface area contributed by atoms with Crippen molar-refractivity contribution in [2.75, 3.05) is 19.4 Å². The maximum atomic E-state index is 13.1. The lowest BCUT2D eigenvalue weighted by atomic mass is 9.48. The van der Waals surface area contributed by atoms with Gasteiger partial charge in [0, 0.05) is 28.1 Å². The number of ether oxygens (including phenoxy) is 1. The molecule has 0 N–H and O–H groups in total. The van der Waals surface area contributed by atoms with E-state index in [1.807, 2.05) is 37.3 Å². The van der Waals surface area contributed by atoms with E-state index in [1.165, 1.54) is 11.1 Å². The highest BCUT2D eigenvalue weighted by Crippen LogP contribution is 2.59. The van der Waals surface area contributed by atoms with Gasteiger partial charge in [-0.2, -0.15) is 0 Å². The van der Waals surface area contributed by atoms with Crippen LogP contribution < -0.4 is 0 Å². The smallest absolute Gasteiger partial charge is 0.310 e. The van der Waals surface area contributed by atoms with Crippen molar-refractivity contribution in [3.8, 4) is 0 Å². The lowest BCUT2D eigenvalue weighted by Gasteiger charge is -2.64. The van der Waals surface area contributed by atoms with Gasteiger partial charge in [0.05, 0.1) is 23.3 Å². The first kappa shape index (κ1) is 20.9. The molecule has 4 bridgehead atoms. The summed E-state index contributed by atoms with van der Waals surface area (Å²) in [5.41, 5.74) is 2.85. The quantitative estimate of drug-likeness (QED) is 0.642. The van der Waals surface area contributed by atoms with Gasteiger partial charge in [-0.25, -0.2) is 0 Å². The Morgan fingerprint density at radius 1 is 1.13 bits per heavy atom. The zero-order valence-electron chi connectivity index (χ0n) is 18.3. The molecule has 6 atom stereocenters. The summed E-state index contributed by atoms with van der Waals surface area (Å²) in [6.07, 6.45) is 3.75. The van der Waals surface area contributed by atoms with Crippen molar-refractivity contribution in [3.63, 3.8) is 0 Å². The van der Waals surface area contributed by atoms with Gasteiger partial charge in [0.25, 0.3) is 0 Å². The fourth-order valence-corrected chi connectivity index (χ4v) is 7.95. The lowest BCUT2D eigenvalue weighted by molar-refractivity contribution is -0.165. The molecule has 4 nitrogen and oxygen atoms in total. The fourth-order valence-electron chi connectivity index (χ4n) is 6.70. The van der Waals surface area contributed by atoms with E-state index >= 15 is 0 Å². The molecule has 4 unspecified atom stereocenters. The summed E-state index contributed by atoms with van der Waals surface area (Å²) in [6.45, 7) is 2.32. The summed E-state index contributed by atoms with van der Waals surface area (Å²) >= 11 is 0. The monoisotopic (exact) mass is 437 g/mol. The molecule has 31 heavy (non-hydrogen) atoms. The van der Waals surface area contributed by atoms with E-state index in [1.54, 1.807) is 0 Å². The molecule has 2 saturated heterocycles. The number of hydrogen-bond acceptors (Lipinski definition) is 4. The number of esters is 1. The lowest BCUT2D eigenvalue weighted by Crippen LogP contribution is -2.69. The normalized spacial score (nSPS) is 32.3. The minimum absolute atomic E-state index is 0.00980. The Morgan fingerprint density at radius 2 is 1.87 bits per heavy atom. The maximum Gasteiger partial charge on any atom is 0.310 e. The van der Waals surface area contributed by atoms with E-state index in [9.17, 15) is 9.00 Å². The van der Waals surface area contributed by atoms with E-state index < -0.39 is 10.8 Å². The summed E-state index contributed by atoms with van der Waals surface area (Å²) in [6, 6.07) is 19.3. The van der Waals surface area contributed by atoms with Crippen LogP contribution in [0.5, 0.6) is 0 Å². The van der Waals surface area contributed by atoms with E-state index in [2.05, 4.69) is 36.2 Å². The Hall–Kier alpha value is -1.98. The first-order valence-electron chi connectivity index (χ1n) is 11.5. The third-order valence-corrected chi connectivity index (χ3v) is 9.45. The predicted molar refractivity (Wildman–Crippen MR) is 122 cm³/mol. The summed E-state index contributed by atoms with van der Waals surface area (Å²) in [7, 11) is 1.18. The van der Waals surface area contributed by atoms with E-state index in [0.29, 0.717) is 24.3 Å². The van der Waals surface area contributed by atoms with Crippen LogP contribution in [0.1, 0.15) is 37.3 Å². The highest BCUT2D eigenvalue weighted by atomic mass is 32.2. The van der Waals surface area contributed by atoms with Crippen molar-refractivity contribution in [1.29, 1.82) is 0 Å². The van der Waals surface area contributed by atoms with Crippen molar-refractivity contribution in [3.05, 3.63) is 65.7 Å². The average molecular weight is 438 g/mol. The molecule has 2 aliphatic carbocycles. The van der Waals surface area contributed by atoms with Crippen LogP contribution in [0.15, 0.2) is 59.5 Å². The molecule has 164 valence electrons. The second kappa shape index (κ2) is 8.18. The Bertz CT molecular complexity index is 993. The molecule has 0 spiro atoms. The second-order valence-corrected chi connectivity index (χ2v) is 10.9. The number of likely N-dealkylation sites (N-methyl/N-ethyl adjacent to an activating group) is 1. The van der Waals surface area contributed by atoms with Gasteiger partial charge in [-0.05, 0) is 68.8 Å². The van der Waals surface area contributed by atoms with Crippen LogP contribution in [-0.2, 0) is 32.2 Å². The van der Waals surface area contributed by atoms with Crippen LogP contribution >= 0.6 is 0 Å². The topological polar surface area (TPSA) is 46.6 Å². The number of hydrogen-bond donors (Lipinski definition) is 0. The van der Waals surface area contributed by atoms with E-state index in [-0.39, 0.29) is 23.3 Å². The van der Waals surface area contributed by atoms with Gasteiger partial charge < -0.3 is 4.74 Å². The molecular formula is C26H31NO3S. The van der Waals surface area contributed by atoms with Crippen molar-refractivity contribution < 1.29 is 13.7 Å². The van der Waals surface area contributed by atoms with Gasteiger partial charge in [0.15, 0.2) is 0 Å². The van der Waals surface area contributed by atoms with Crippen molar-refractivity contribution in [1.82, 2.24) is 4.90 Å². The van der Waals surface area contributed by atoms with Crippen LogP contribution in [0.25, 0.3) is 0 Å². The van der Waals surface area contributed by atoms with Crippen LogP contribution in [0.2, 0.25) is 0 Å². The minimum Gasteiger partial charge on any atom is -0.466 e. The molecule has 2 aromatic rings. The summed E-state index contributed by atoms with van der Waals surface area (Å²) in [4.78, 5) is 16.1. The standard InChI is InChI=1S/C26H31NO3S/c1-3-30-25(28)20-16-22-23-15-18-9-7-8-12-21(18)26(22,17-24(20)27(23)2)13-14-31(29)19-10-5-4-6-11-19/h4-12,20,22-24H,3,13-17H2,1-2H3/t20-,22?,23?,24?,26-,31?/m0/s1. The number of carbonyl (C=O) groups is 1. The number of nitrogens with zero attached hydrogens (tertiary/aromatic N) is 1. The molecule has 0 amide bonds. The van der Waals surface area contributed by atoms with Crippen molar-refractivity contribution in [2.24, 2.45) is 11.8 Å². The van der Waals surface area contributed by atoms with Crippen LogP contribution in [-0.4, -0.2) is 46.6 Å². The van der Waals surface area contributed by atoms with Crippen molar-refractivity contribution in [2.45, 2.75) is 55.0 Å². The van der Waals surface area contributed by atoms with Gasteiger partial charge in [0.2, 0.25) is 0 Å². The Labute approximate surface area is 187 Å². The third-order valence-electron chi connectivity index (χ3n) is 8.08. The number of fused-ring (bicyclic) bond motifs is 2. The third kappa shape index (κ3) is 3.37. The van der Waals surface area contributed by atoms with E-state index in [0.717, 1.165) is 30.6 Å². The molecule has 6 rings (SSSR count). The van der Waals surface area contributed by atoms with Crippen LogP contribution in [0.4, 0.5) is 0 Å². The average Bonchev–Trinajstić information content (AvgIpc) is 2.80. The number of piperidine rings is 2. The fraction of sp³-hybridized carbons (Fsp3) is 0.500. The first-order valence-corrected chi connectivity index (χ1v) is 12.8. The number of rotatable bonds is 6. The van der Waals surface area contributed by atoms with Crippen molar-refractivity contribution >= 4 is 16.8 Å². The van der Waals surface area contributed by atoms with Gasteiger partial charge in [0.1, 0.15) is 0 Å². The highest BCUT2D eigenvalue weighted by Gasteiger charge is 2.61. The Morgan fingerprint density at radius 3 is 2.65 bits per heavy atom. The van der Waals surface area contributed by atoms with Gasteiger partial charge in [-0.1, -0.05) is 42.5 Å². The zero-order chi connectivity index (χ0) is 21.6. The highest BCUT2D eigenvalue weighted by molar-refractivity contribution is 7.85. The van der Waals surface area contributed by atoms with Gasteiger partial charge in [-0.15, -0.1) is 0 Å². The Kier molecular flexibility index (Phi) is 5.51. The van der Waals surface area contributed by atoms with Gasteiger partial charge >= 0.3 is 5.97 Å². The molecule has 5 heteroatoms. The molecule has 1 saturated carbocycles. The summed E-state index contributed by atoms with van der Waals surface area (Å²) in [5.74, 6) is 0.948. The molecule has 0 radical (unpaired) electrons. The van der Waals surface area contributed by atoms with Crippen LogP contribution in [0.3, 0.4) is 0 Å². The molecule has 2 heterocycles. The molecule has 2 aromatic carbocycles.